The molecule has 23 heavy (non-hydrogen) atoms. The molecule has 0 fully saturated rings. The highest BCUT2D eigenvalue weighted by Gasteiger charge is 2.11. The number of halogens is 2. The van der Waals surface area contributed by atoms with Gasteiger partial charge in [0.2, 0.25) is 0 Å². The molecular formula is C16H8BrIN2O2S. The Morgan fingerprint density at radius 3 is 2.87 bits per heavy atom. The molecule has 0 atom stereocenters. The van der Waals surface area contributed by atoms with Crippen LogP contribution in [0.15, 0.2) is 45.7 Å². The van der Waals surface area contributed by atoms with Crippen LogP contribution in [0.25, 0.3) is 22.1 Å². The number of thiazole rings is 1. The minimum atomic E-state index is -0.0714. The summed E-state index contributed by atoms with van der Waals surface area (Å²) in [7, 11) is 0. The molecular weight excluding hydrogens is 491 g/mol. The summed E-state index contributed by atoms with van der Waals surface area (Å²) in [6, 6.07) is 11.2. The molecule has 4 aromatic rings. The van der Waals surface area contributed by atoms with Crippen molar-refractivity contribution >= 4 is 71.9 Å². The van der Waals surface area contributed by atoms with E-state index in [9.17, 15) is 9.90 Å². The summed E-state index contributed by atoms with van der Waals surface area (Å²) >= 11 is 6.74. The van der Waals surface area contributed by atoms with Gasteiger partial charge in [0.05, 0.1) is 23.6 Å². The van der Waals surface area contributed by atoms with E-state index in [-0.39, 0.29) is 11.3 Å². The van der Waals surface area contributed by atoms with Gasteiger partial charge >= 0.3 is 0 Å². The summed E-state index contributed by atoms with van der Waals surface area (Å²) < 4.78 is 3.59. The number of hydrogen-bond donors (Lipinski definition) is 1. The quantitative estimate of drug-likeness (QED) is 0.408. The molecule has 4 rings (SSSR count). The van der Waals surface area contributed by atoms with Crippen LogP contribution >= 0.6 is 49.9 Å². The average Bonchev–Trinajstić information content (AvgIpc) is 3.02. The van der Waals surface area contributed by atoms with Crippen LogP contribution < -0.4 is 10.1 Å². The molecule has 0 aliphatic heterocycles. The van der Waals surface area contributed by atoms with Crippen molar-refractivity contribution < 1.29 is 5.11 Å². The molecule has 114 valence electrons. The number of aromatic nitrogens is 2. The highest BCUT2D eigenvalue weighted by atomic mass is 127. The zero-order valence-electron chi connectivity index (χ0n) is 11.5. The third-order valence-corrected chi connectivity index (χ3v) is 5.88. The number of imidazole rings is 1. The lowest BCUT2D eigenvalue weighted by molar-refractivity contribution is 0.468. The van der Waals surface area contributed by atoms with Crippen LogP contribution in [-0.4, -0.2) is 14.5 Å². The van der Waals surface area contributed by atoms with Crippen molar-refractivity contribution in [1.29, 1.82) is 0 Å². The molecule has 7 heteroatoms. The number of benzene rings is 2. The van der Waals surface area contributed by atoms with E-state index in [1.54, 1.807) is 10.5 Å². The third-order valence-electron chi connectivity index (χ3n) is 3.48. The van der Waals surface area contributed by atoms with Crippen LogP contribution in [0.5, 0.6) is 5.75 Å². The summed E-state index contributed by atoms with van der Waals surface area (Å²) in [6.07, 6.45) is 1.82. The number of rotatable bonds is 1. The van der Waals surface area contributed by atoms with Crippen molar-refractivity contribution in [2.75, 3.05) is 0 Å². The maximum absolute atomic E-state index is 12.7. The molecule has 0 amide bonds. The number of phenols is 1. The molecule has 0 radical (unpaired) electrons. The minimum absolute atomic E-state index is 0.0714. The average molecular weight is 499 g/mol. The number of nitrogens with zero attached hydrogens (tertiary/aromatic N) is 2. The van der Waals surface area contributed by atoms with E-state index in [4.69, 9.17) is 0 Å². The van der Waals surface area contributed by atoms with Crippen LogP contribution in [-0.2, 0) is 0 Å². The van der Waals surface area contributed by atoms with Crippen LogP contribution in [0.1, 0.15) is 5.56 Å². The summed E-state index contributed by atoms with van der Waals surface area (Å²) in [5.74, 6) is 0.206. The Morgan fingerprint density at radius 2 is 2.09 bits per heavy atom. The lowest BCUT2D eigenvalue weighted by Gasteiger charge is -2.01. The first-order chi connectivity index (χ1) is 11.0. The van der Waals surface area contributed by atoms with Gasteiger partial charge in [-0.15, -0.1) is 0 Å². The Bertz CT molecular complexity index is 1160. The monoisotopic (exact) mass is 498 g/mol. The zero-order chi connectivity index (χ0) is 16.1. The van der Waals surface area contributed by atoms with Crippen LogP contribution in [0.4, 0.5) is 0 Å². The van der Waals surface area contributed by atoms with Crippen molar-refractivity contribution in [3.05, 3.63) is 64.9 Å². The van der Waals surface area contributed by atoms with E-state index in [0.717, 1.165) is 20.2 Å². The topological polar surface area (TPSA) is 54.6 Å². The van der Waals surface area contributed by atoms with Gasteiger partial charge in [0.1, 0.15) is 5.75 Å². The largest absolute Gasteiger partial charge is 0.506 e. The van der Waals surface area contributed by atoms with E-state index in [1.807, 2.05) is 36.4 Å². The van der Waals surface area contributed by atoms with Gasteiger partial charge in [-0.3, -0.25) is 4.79 Å². The van der Waals surface area contributed by atoms with E-state index >= 15 is 0 Å². The van der Waals surface area contributed by atoms with E-state index in [0.29, 0.717) is 14.0 Å². The highest BCUT2D eigenvalue weighted by Crippen LogP contribution is 2.30. The molecule has 1 N–H and O–H groups in total. The fourth-order valence-corrected chi connectivity index (χ4v) is 4.92. The van der Waals surface area contributed by atoms with Gasteiger partial charge in [0, 0.05) is 0 Å². The SMILES string of the molecule is O=c1c(=Cc2cc(Br)c(O)c(I)c2)sc2nc3ccccc3n12. The van der Waals surface area contributed by atoms with E-state index in [2.05, 4.69) is 43.5 Å². The molecule has 2 aromatic carbocycles. The fourth-order valence-electron chi connectivity index (χ4n) is 2.43. The number of para-hydroxylation sites is 2. The van der Waals surface area contributed by atoms with Gasteiger partial charge in [-0.25, -0.2) is 9.38 Å². The predicted octanol–water partition coefficient (Wildman–Crippen LogP) is 3.53. The second-order valence-corrected chi connectivity index (χ2v) is 7.99. The number of hydrogen-bond acceptors (Lipinski definition) is 4. The van der Waals surface area contributed by atoms with Crippen molar-refractivity contribution in [3.8, 4) is 5.75 Å². The molecule has 0 unspecified atom stereocenters. The number of aromatic hydroxyl groups is 1. The van der Waals surface area contributed by atoms with Gasteiger partial charge in [-0.05, 0) is 74.4 Å². The minimum Gasteiger partial charge on any atom is -0.506 e. The molecule has 4 nitrogen and oxygen atoms in total. The molecule has 0 aliphatic carbocycles. The van der Waals surface area contributed by atoms with Crippen molar-refractivity contribution in [2.24, 2.45) is 0 Å². The van der Waals surface area contributed by atoms with Crippen LogP contribution in [0, 0.1) is 3.57 Å². The normalized spacial score (nSPS) is 12.5. The first kappa shape index (κ1) is 15.1. The third kappa shape index (κ3) is 2.47. The Hall–Kier alpha value is -1.45. The van der Waals surface area contributed by atoms with Crippen LogP contribution in [0.2, 0.25) is 0 Å². The molecule has 0 saturated heterocycles. The number of fused-ring (bicyclic) bond motifs is 3. The Kier molecular flexibility index (Phi) is 3.66. The highest BCUT2D eigenvalue weighted by molar-refractivity contribution is 14.1. The number of phenolic OH excluding ortho intramolecular Hbond substituents is 1. The summed E-state index contributed by atoms with van der Waals surface area (Å²) in [5.41, 5.74) is 2.43. The maximum Gasteiger partial charge on any atom is 0.274 e. The summed E-state index contributed by atoms with van der Waals surface area (Å²) in [5, 5.41) is 9.81. The van der Waals surface area contributed by atoms with E-state index in [1.165, 1.54) is 11.3 Å². The molecule has 0 aliphatic rings. The smallest absolute Gasteiger partial charge is 0.274 e. The summed E-state index contributed by atoms with van der Waals surface area (Å²) in [4.78, 5) is 17.9. The van der Waals surface area contributed by atoms with Crippen molar-refractivity contribution in [1.82, 2.24) is 9.38 Å². The Balaban J connectivity index is 1.99. The van der Waals surface area contributed by atoms with Gasteiger partial charge in [-0.2, -0.15) is 0 Å². The molecule has 0 spiro atoms. The standard InChI is InChI=1S/C16H8BrIN2O2S/c17-9-5-8(6-10(18)14(9)21)7-13-15(22)20-12-4-2-1-3-11(12)19-16(20)23-13/h1-7,21H. The lowest BCUT2D eigenvalue weighted by Crippen LogP contribution is -2.22. The zero-order valence-corrected chi connectivity index (χ0v) is 16.0. The fraction of sp³-hybridized carbons (Fsp3) is 0. The van der Waals surface area contributed by atoms with Gasteiger partial charge in [0.15, 0.2) is 4.96 Å². The van der Waals surface area contributed by atoms with E-state index < -0.39 is 0 Å². The second-order valence-electron chi connectivity index (χ2n) is 4.97. The van der Waals surface area contributed by atoms with Crippen molar-refractivity contribution in [2.45, 2.75) is 0 Å². The Labute approximate surface area is 156 Å². The molecule has 0 bridgehead atoms. The first-order valence-electron chi connectivity index (χ1n) is 6.64. The summed E-state index contributed by atoms with van der Waals surface area (Å²) in [6.45, 7) is 0. The van der Waals surface area contributed by atoms with Crippen molar-refractivity contribution in [3.63, 3.8) is 0 Å². The van der Waals surface area contributed by atoms with Crippen LogP contribution in [0.3, 0.4) is 0 Å². The Morgan fingerprint density at radius 1 is 1.30 bits per heavy atom. The van der Waals surface area contributed by atoms with Gasteiger partial charge < -0.3 is 5.11 Å². The molecule has 2 heterocycles. The lowest BCUT2D eigenvalue weighted by atomic mass is 10.2. The second kappa shape index (κ2) is 5.57. The predicted molar refractivity (Wildman–Crippen MR) is 104 cm³/mol. The maximum atomic E-state index is 12.7. The first-order valence-corrected chi connectivity index (χ1v) is 9.33. The molecule has 0 saturated carbocycles. The van der Waals surface area contributed by atoms with Gasteiger partial charge in [0.25, 0.3) is 5.56 Å². The van der Waals surface area contributed by atoms with Gasteiger partial charge in [-0.1, -0.05) is 23.5 Å². The molecule has 2 aromatic heterocycles.